The number of alkyl halides is 3. The Hall–Kier alpha value is -0.290. The molecule has 0 aromatic rings. The highest BCUT2D eigenvalue weighted by Gasteiger charge is 2.26. The molecule has 0 aliphatic carbocycles. The van der Waals surface area contributed by atoms with E-state index >= 15 is 0 Å². The van der Waals surface area contributed by atoms with Gasteiger partial charge in [-0.05, 0) is 60.0 Å². The Morgan fingerprint density at radius 1 is 0.720 bits per heavy atom. The van der Waals surface area contributed by atoms with E-state index in [1.165, 1.54) is 0 Å². The summed E-state index contributed by atoms with van der Waals surface area (Å²) in [6.45, 7) is 15.9. The first-order valence-electron chi connectivity index (χ1n) is 9.89. The number of hydrogen-bond acceptors (Lipinski definition) is 2. The summed E-state index contributed by atoms with van der Waals surface area (Å²) in [7, 11) is 0. The molecule has 0 rings (SSSR count). The van der Waals surface area contributed by atoms with Gasteiger partial charge in [-0.2, -0.15) is 13.2 Å². The van der Waals surface area contributed by atoms with Gasteiger partial charge in [0.15, 0.2) is 0 Å². The van der Waals surface area contributed by atoms with Gasteiger partial charge in [0.05, 0.1) is 5.60 Å². The van der Waals surface area contributed by atoms with Crippen LogP contribution in [0.2, 0.25) is 0 Å². The summed E-state index contributed by atoms with van der Waals surface area (Å²) in [6, 6.07) is 0. The van der Waals surface area contributed by atoms with Gasteiger partial charge in [-0.25, -0.2) is 0 Å². The van der Waals surface area contributed by atoms with Gasteiger partial charge in [-0.3, -0.25) is 4.90 Å². The van der Waals surface area contributed by atoms with Crippen LogP contribution in [-0.4, -0.2) is 41.9 Å². The van der Waals surface area contributed by atoms with Crippen molar-refractivity contribution < 1.29 is 17.9 Å². The number of nitrogens with zero attached hydrogens (tertiary/aromatic N) is 1. The van der Waals surface area contributed by atoms with Gasteiger partial charge in [0.25, 0.3) is 0 Å². The molecule has 5 heteroatoms. The van der Waals surface area contributed by atoms with Gasteiger partial charge in [0.2, 0.25) is 0 Å². The fourth-order valence-electron chi connectivity index (χ4n) is 3.29. The average Bonchev–Trinajstić information content (AvgIpc) is 2.45. The molecule has 0 atom stereocenters. The summed E-state index contributed by atoms with van der Waals surface area (Å²) < 4.78 is 42.3. The van der Waals surface area contributed by atoms with Crippen molar-refractivity contribution in [1.29, 1.82) is 0 Å². The Morgan fingerprint density at radius 2 is 1.20 bits per heavy atom. The molecule has 2 nitrogen and oxygen atoms in total. The smallest absolute Gasteiger partial charge is 0.376 e. The van der Waals surface area contributed by atoms with Crippen LogP contribution in [0.4, 0.5) is 13.2 Å². The minimum Gasteiger partial charge on any atom is -0.376 e. The van der Waals surface area contributed by atoms with E-state index in [0.29, 0.717) is 6.42 Å². The van der Waals surface area contributed by atoms with Crippen LogP contribution in [0.15, 0.2) is 0 Å². The van der Waals surface area contributed by atoms with Crippen LogP contribution in [0.3, 0.4) is 0 Å². The molecule has 152 valence electrons. The Labute approximate surface area is 153 Å². The predicted octanol–water partition coefficient (Wildman–Crippen LogP) is 6.59. The number of rotatable bonds is 14. The summed E-state index contributed by atoms with van der Waals surface area (Å²) in [5.74, 6) is 0. The van der Waals surface area contributed by atoms with E-state index in [9.17, 15) is 13.2 Å². The van der Waals surface area contributed by atoms with E-state index in [4.69, 9.17) is 4.74 Å². The zero-order chi connectivity index (χ0) is 19.6. The minimum atomic E-state index is -4.01. The SMILES string of the molecule is CCN(CC)C(C)(C)CCOC(C)(C)CCCCCCCC(F)(F)F. The Morgan fingerprint density at radius 3 is 1.68 bits per heavy atom. The van der Waals surface area contributed by atoms with Crippen LogP contribution < -0.4 is 0 Å². The van der Waals surface area contributed by atoms with Crippen LogP contribution in [0, 0.1) is 0 Å². The highest BCUT2D eigenvalue weighted by molar-refractivity contribution is 4.80. The van der Waals surface area contributed by atoms with Crippen LogP contribution in [0.25, 0.3) is 0 Å². The molecular weight excluding hydrogens is 327 g/mol. The summed E-state index contributed by atoms with van der Waals surface area (Å²) in [5.41, 5.74) is -0.0244. The molecule has 0 aromatic heterocycles. The van der Waals surface area contributed by atoms with Gasteiger partial charge in [-0.1, -0.05) is 39.5 Å². The van der Waals surface area contributed by atoms with E-state index in [-0.39, 0.29) is 17.6 Å². The maximum atomic E-state index is 12.1. The first-order chi connectivity index (χ1) is 11.4. The number of unbranched alkanes of at least 4 members (excludes halogenated alkanes) is 4. The van der Waals surface area contributed by atoms with Gasteiger partial charge in [-0.15, -0.1) is 0 Å². The second-order valence-electron chi connectivity index (χ2n) is 8.23. The molecule has 0 aromatic carbocycles. The van der Waals surface area contributed by atoms with E-state index in [0.717, 1.165) is 51.8 Å². The lowest BCUT2D eigenvalue weighted by Gasteiger charge is -2.38. The molecule has 0 saturated heterocycles. The van der Waals surface area contributed by atoms with Crippen molar-refractivity contribution in [2.45, 2.75) is 110 Å². The molecule has 0 saturated carbocycles. The van der Waals surface area contributed by atoms with Crippen LogP contribution in [0.1, 0.15) is 92.9 Å². The van der Waals surface area contributed by atoms with Gasteiger partial charge < -0.3 is 4.74 Å². The third kappa shape index (κ3) is 12.7. The van der Waals surface area contributed by atoms with E-state index in [2.05, 4.69) is 46.4 Å². The number of ether oxygens (including phenoxy) is 1. The standard InChI is InChI=1S/C20H40F3NO/c1-7-24(8-2)18(3,4)16-17-25-19(5,6)14-12-10-9-11-13-15-20(21,22)23/h7-17H2,1-6H3. The van der Waals surface area contributed by atoms with Crippen molar-refractivity contribution in [3.8, 4) is 0 Å². The zero-order valence-electron chi connectivity index (χ0n) is 17.3. The lowest BCUT2D eigenvalue weighted by atomic mass is 9.97. The molecule has 0 bridgehead atoms. The Balaban J connectivity index is 3.87. The van der Waals surface area contributed by atoms with Gasteiger partial charge >= 0.3 is 6.18 Å². The summed E-state index contributed by atoms with van der Waals surface area (Å²) in [6.07, 6.45) is 1.09. The summed E-state index contributed by atoms with van der Waals surface area (Å²) >= 11 is 0. The largest absolute Gasteiger partial charge is 0.389 e. The van der Waals surface area contributed by atoms with Crippen LogP contribution in [-0.2, 0) is 4.74 Å². The van der Waals surface area contributed by atoms with Crippen molar-refractivity contribution in [3.63, 3.8) is 0 Å². The topological polar surface area (TPSA) is 12.5 Å². The molecule has 0 unspecified atom stereocenters. The van der Waals surface area contributed by atoms with E-state index in [1.54, 1.807) is 0 Å². The maximum Gasteiger partial charge on any atom is 0.389 e. The fraction of sp³-hybridized carbons (Fsp3) is 1.00. The molecule has 0 amide bonds. The molecular formula is C20H40F3NO. The lowest BCUT2D eigenvalue weighted by molar-refractivity contribution is -0.135. The zero-order valence-corrected chi connectivity index (χ0v) is 17.3. The van der Waals surface area contributed by atoms with E-state index in [1.807, 2.05) is 0 Å². The van der Waals surface area contributed by atoms with Crippen LogP contribution >= 0.6 is 0 Å². The Bertz CT molecular complexity index is 336. The molecule has 25 heavy (non-hydrogen) atoms. The van der Waals surface area contributed by atoms with Crippen molar-refractivity contribution in [3.05, 3.63) is 0 Å². The first-order valence-corrected chi connectivity index (χ1v) is 9.89. The molecule has 0 heterocycles. The van der Waals surface area contributed by atoms with Gasteiger partial charge in [0.1, 0.15) is 0 Å². The molecule has 0 aliphatic heterocycles. The second kappa shape index (κ2) is 11.4. The molecule has 0 aliphatic rings. The van der Waals surface area contributed by atoms with Gasteiger partial charge in [0, 0.05) is 18.6 Å². The minimum absolute atomic E-state index is 0.137. The summed E-state index contributed by atoms with van der Waals surface area (Å²) in [5, 5.41) is 0. The van der Waals surface area contributed by atoms with Crippen molar-refractivity contribution in [2.75, 3.05) is 19.7 Å². The fourth-order valence-corrected chi connectivity index (χ4v) is 3.29. The van der Waals surface area contributed by atoms with Crippen LogP contribution in [0.5, 0.6) is 0 Å². The van der Waals surface area contributed by atoms with Crippen molar-refractivity contribution in [2.24, 2.45) is 0 Å². The second-order valence-corrected chi connectivity index (χ2v) is 8.23. The number of halogens is 3. The first kappa shape index (κ1) is 24.7. The molecule has 0 spiro atoms. The highest BCUT2D eigenvalue weighted by Crippen LogP contribution is 2.25. The monoisotopic (exact) mass is 367 g/mol. The Kier molecular flexibility index (Phi) is 11.3. The molecule has 0 fully saturated rings. The third-order valence-corrected chi connectivity index (χ3v) is 5.07. The highest BCUT2D eigenvalue weighted by atomic mass is 19.4. The number of hydrogen-bond donors (Lipinski definition) is 0. The van der Waals surface area contributed by atoms with Crippen molar-refractivity contribution in [1.82, 2.24) is 4.90 Å². The quantitative estimate of drug-likeness (QED) is 0.321. The summed E-state index contributed by atoms with van der Waals surface area (Å²) in [4.78, 5) is 2.45. The lowest BCUT2D eigenvalue weighted by Crippen LogP contribution is -2.45. The predicted molar refractivity (Wildman–Crippen MR) is 100 cm³/mol. The molecule has 0 N–H and O–H groups in total. The average molecular weight is 368 g/mol. The van der Waals surface area contributed by atoms with E-state index < -0.39 is 12.6 Å². The third-order valence-electron chi connectivity index (χ3n) is 5.07. The molecule has 0 radical (unpaired) electrons. The van der Waals surface area contributed by atoms with Crippen molar-refractivity contribution >= 4 is 0 Å². The maximum absolute atomic E-state index is 12.1. The normalized spacial score (nSPS) is 13.7.